The first-order valence-electron chi connectivity index (χ1n) is 7.47. The van der Waals surface area contributed by atoms with Gasteiger partial charge >= 0.3 is 0 Å². The quantitative estimate of drug-likeness (QED) is 0.868. The van der Waals surface area contributed by atoms with Crippen LogP contribution in [0.4, 0.5) is 0 Å². The van der Waals surface area contributed by atoms with Crippen molar-refractivity contribution in [2.24, 2.45) is 0 Å². The second kappa shape index (κ2) is 6.23. The minimum Gasteiger partial charge on any atom is -0.337 e. The lowest BCUT2D eigenvalue weighted by Crippen LogP contribution is -2.34. The highest BCUT2D eigenvalue weighted by atomic mass is 16.2. The SMILES string of the molecule is CN(C)[C@@H]1CCN(C(=O)c2cccc(-c3cnccn3)c2)C1. The van der Waals surface area contributed by atoms with E-state index in [9.17, 15) is 4.79 Å². The molecule has 114 valence electrons. The van der Waals surface area contributed by atoms with Crippen molar-refractivity contribution in [1.82, 2.24) is 19.8 Å². The van der Waals surface area contributed by atoms with Crippen molar-refractivity contribution in [3.63, 3.8) is 0 Å². The molecule has 1 fully saturated rings. The monoisotopic (exact) mass is 296 g/mol. The van der Waals surface area contributed by atoms with Gasteiger partial charge in [-0.25, -0.2) is 0 Å². The van der Waals surface area contributed by atoms with Gasteiger partial charge in [0.15, 0.2) is 0 Å². The molecule has 1 saturated heterocycles. The van der Waals surface area contributed by atoms with Crippen LogP contribution in [0, 0.1) is 0 Å². The van der Waals surface area contributed by atoms with Gasteiger partial charge in [0.05, 0.1) is 11.9 Å². The molecule has 1 aromatic carbocycles. The average molecular weight is 296 g/mol. The van der Waals surface area contributed by atoms with Crippen molar-refractivity contribution in [2.75, 3.05) is 27.2 Å². The number of rotatable bonds is 3. The summed E-state index contributed by atoms with van der Waals surface area (Å²) in [5, 5.41) is 0. The predicted molar refractivity (Wildman–Crippen MR) is 85.5 cm³/mol. The van der Waals surface area contributed by atoms with Crippen LogP contribution in [0.5, 0.6) is 0 Å². The van der Waals surface area contributed by atoms with Gasteiger partial charge in [0.2, 0.25) is 0 Å². The largest absolute Gasteiger partial charge is 0.337 e. The zero-order valence-corrected chi connectivity index (χ0v) is 12.9. The predicted octanol–water partition coefficient (Wildman–Crippen LogP) is 1.92. The van der Waals surface area contributed by atoms with E-state index in [-0.39, 0.29) is 5.91 Å². The van der Waals surface area contributed by atoms with Gasteiger partial charge in [-0.15, -0.1) is 0 Å². The van der Waals surface area contributed by atoms with Crippen molar-refractivity contribution < 1.29 is 4.79 Å². The molecule has 1 aliphatic heterocycles. The van der Waals surface area contributed by atoms with Crippen LogP contribution < -0.4 is 0 Å². The third-order valence-corrected chi connectivity index (χ3v) is 4.15. The van der Waals surface area contributed by atoms with Crippen LogP contribution in [-0.4, -0.2) is 58.9 Å². The fourth-order valence-electron chi connectivity index (χ4n) is 2.79. The van der Waals surface area contributed by atoms with Gasteiger partial charge in [-0.2, -0.15) is 0 Å². The Labute approximate surface area is 130 Å². The average Bonchev–Trinajstić information content (AvgIpc) is 3.05. The van der Waals surface area contributed by atoms with Crippen LogP contribution in [0.2, 0.25) is 0 Å². The van der Waals surface area contributed by atoms with Crippen LogP contribution in [0.1, 0.15) is 16.8 Å². The van der Waals surface area contributed by atoms with Crippen LogP contribution in [0.25, 0.3) is 11.3 Å². The molecule has 5 heteroatoms. The third kappa shape index (κ3) is 2.99. The van der Waals surface area contributed by atoms with Gasteiger partial charge < -0.3 is 9.80 Å². The van der Waals surface area contributed by atoms with Crippen LogP contribution >= 0.6 is 0 Å². The van der Waals surface area contributed by atoms with E-state index in [0.29, 0.717) is 11.6 Å². The molecule has 1 atom stereocenters. The highest BCUT2D eigenvalue weighted by Gasteiger charge is 2.28. The maximum absolute atomic E-state index is 12.7. The van der Waals surface area contributed by atoms with Crippen LogP contribution in [0.15, 0.2) is 42.9 Å². The Morgan fingerprint density at radius 3 is 2.86 bits per heavy atom. The summed E-state index contributed by atoms with van der Waals surface area (Å²) in [5.74, 6) is 0.0927. The van der Waals surface area contributed by atoms with Gasteiger partial charge in [0.1, 0.15) is 0 Å². The zero-order chi connectivity index (χ0) is 15.5. The molecule has 2 heterocycles. The number of carbonyl (C=O) groups excluding carboxylic acids is 1. The van der Waals surface area contributed by atoms with E-state index in [1.807, 2.05) is 29.2 Å². The van der Waals surface area contributed by atoms with Gasteiger partial charge in [-0.1, -0.05) is 12.1 Å². The van der Waals surface area contributed by atoms with E-state index in [4.69, 9.17) is 0 Å². The van der Waals surface area contributed by atoms with Crippen molar-refractivity contribution in [1.29, 1.82) is 0 Å². The summed E-state index contributed by atoms with van der Waals surface area (Å²) >= 11 is 0. The first kappa shape index (κ1) is 14.7. The number of hydrogen-bond donors (Lipinski definition) is 0. The standard InChI is InChI=1S/C17H20N4O/c1-20(2)15-6-9-21(12-15)17(22)14-5-3-4-13(10-14)16-11-18-7-8-19-16/h3-5,7-8,10-11,15H,6,9,12H2,1-2H3/t15-/m1/s1. The number of carbonyl (C=O) groups is 1. The Hall–Kier alpha value is -2.27. The first-order chi connectivity index (χ1) is 10.6. The Balaban J connectivity index is 1.79. The lowest BCUT2D eigenvalue weighted by molar-refractivity contribution is 0.0783. The number of likely N-dealkylation sites (tertiary alicyclic amines) is 1. The van der Waals surface area contributed by atoms with E-state index in [2.05, 4.69) is 29.0 Å². The first-order valence-corrected chi connectivity index (χ1v) is 7.47. The minimum absolute atomic E-state index is 0.0927. The lowest BCUT2D eigenvalue weighted by Gasteiger charge is -2.20. The zero-order valence-electron chi connectivity index (χ0n) is 12.9. The van der Waals surface area contributed by atoms with Crippen LogP contribution in [-0.2, 0) is 0 Å². The molecular weight excluding hydrogens is 276 g/mol. The molecule has 2 aromatic rings. The normalized spacial score (nSPS) is 18.0. The van der Waals surface area contributed by atoms with Crippen molar-refractivity contribution in [3.8, 4) is 11.3 Å². The molecule has 22 heavy (non-hydrogen) atoms. The summed E-state index contributed by atoms with van der Waals surface area (Å²) in [6.07, 6.45) is 6.04. The number of benzene rings is 1. The molecule has 0 spiro atoms. The van der Waals surface area contributed by atoms with Crippen molar-refractivity contribution in [2.45, 2.75) is 12.5 Å². The van der Waals surface area contributed by atoms with Gasteiger partial charge in [-0.3, -0.25) is 14.8 Å². The highest BCUT2D eigenvalue weighted by molar-refractivity contribution is 5.95. The minimum atomic E-state index is 0.0927. The van der Waals surface area contributed by atoms with E-state index in [0.717, 1.165) is 30.8 Å². The molecule has 5 nitrogen and oxygen atoms in total. The lowest BCUT2D eigenvalue weighted by atomic mass is 10.1. The van der Waals surface area contributed by atoms with E-state index >= 15 is 0 Å². The van der Waals surface area contributed by atoms with Crippen molar-refractivity contribution >= 4 is 5.91 Å². The summed E-state index contributed by atoms with van der Waals surface area (Å²) < 4.78 is 0. The molecule has 0 bridgehead atoms. The Kier molecular flexibility index (Phi) is 4.15. The smallest absolute Gasteiger partial charge is 0.253 e. The van der Waals surface area contributed by atoms with E-state index < -0.39 is 0 Å². The number of hydrogen-bond acceptors (Lipinski definition) is 4. The Morgan fingerprint density at radius 2 is 2.18 bits per heavy atom. The van der Waals surface area contributed by atoms with Crippen LogP contribution in [0.3, 0.4) is 0 Å². The topological polar surface area (TPSA) is 49.3 Å². The molecule has 3 rings (SSSR count). The number of likely N-dealkylation sites (N-methyl/N-ethyl adjacent to an activating group) is 1. The summed E-state index contributed by atoms with van der Waals surface area (Å²) in [5.41, 5.74) is 2.41. The maximum Gasteiger partial charge on any atom is 0.253 e. The summed E-state index contributed by atoms with van der Waals surface area (Å²) in [7, 11) is 4.13. The number of aromatic nitrogens is 2. The fourth-order valence-corrected chi connectivity index (χ4v) is 2.79. The Bertz CT molecular complexity index is 657. The second-order valence-electron chi connectivity index (χ2n) is 5.83. The second-order valence-corrected chi connectivity index (χ2v) is 5.83. The molecule has 1 aromatic heterocycles. The molecule has 0 unspecified atom stereocenters. The third-order valence-electron chi connectivity index (χ3n) is 4.15. The molecule has 0 radical (unpaired) electrons. The van der Waals surface area contributed by atoms with Gasteiger partial charge in [0.25, 0.3) is 5.91 Å². The Morgan fingerprint density at radius 1 is 1.32 bits per heavy atom. The highest BCUT2D eigenvalue weighted by Crippen LogP contribution is 2.20. The summed E-state index contributed by atoms with van der Waals surface area (Å²) in [4.78, 5) is 25.2. The van der Waals surface area contributed by atoms with Gasteiger partial charge in [-0.05, 0) is 32.6 Å². The number of nitrogens with zero attached hydrogens (tertiary/aromatic N) is 4. The van der Waals surface area contributed by atoms with E-state index in [1.165, 1.54) is 0 Å². The summed E-state index contributed by atoms with van der Waals surface area (Å²) in [6, 6.07) is 8.07. The number of amides is 1. The van der Waals surface area contributed by atoms with Crippen molar-refractivity contribution in [3.05, 3.63) is 48.4 Å². The molecular formula is C17H20N4O. The summed E-state index contributed by atoms with van der Waals surface area (Å²) in [6.45, 7) is 1.61. The molecule has 1 aliphatic rings. The molecule has 0 aliphatic carbocycles. The molecule has 0 N–H and O–H groups in total. The van der Waals surface area contributed by atoms with E-state index in [1.54, 1.807) is 18.6 Å². The van der Waals surface area contributed by atoms with Gasteiger partial charge in [0, 0.05) is 42.7 Å². The fraction of sp³-hybridized carbons (Fsp3) is 0.353. The maximum atomic E-state index is 12.7. The molecule has 0 saturated carbocycles. The molecule has 1 amide bonds.